The van der Waals surface area contributed by atoms with Crippen molar-refractivity contribution in [3.8, 4) is 0 Å². The molecule has 0 unspecified atom stereocenters. The maximum Gasteiger partial charge on any atom is 3.00 e. The van der Waals surface area contributed by atoms with Crippen molar-refractivity contribution < 1.29 is 26.2 Å². The van der Waals surface area contributed by atoms with Crippen molar-refractivity contribution in [2.75, 3.05) is 0 Å². The average molecular weight is 510 g/mol. The first-order valence-electron chi connectivity index (χ1n) is 8.67. The van der Waals surface area contributed by atoms with E-state index in [1.165, 1.54) is 32.7 Å². The monoisotopic (exact) mass is 507 g/mol. The van der Waals surface area contributed by atoms with E-state index in [1.54, 1.807) is 6.92 Å². The Labute approximate surface area is 207 Å². The molecule has 5 radical (unpaired) electrons. The largest absolute Gasteiger partial charge is 3.00 e. The van der Waals surface area contributed by atoms with E-state index in [9.17, 15) is 0 Å². The molecule has 0 aliphatic rings. The second kappa shape index (κ2) is 19.6. The normalized spacial score (nSPS) is 7.93. The Kier molecular flexibility index (Phi) is 24.4. The molecule has 0 heterocycles. The van der Waals surface area contributed by atoms with Gasteiger partial charge < -0.3 is 6.92 Å². The zero-order valence-electron chi connectivity index (χ0n) is 17.5. The summed E-state index contributed by atoms with van der Waals surface area (Å²) in [6, 6.07) is 25.7. The summed E-state index contributed by atoms with van der Waals surface area (Å²) in [5, 5.41) is 5.39. The van der Waals surface area contributed by atoms with Crippen LogP contribution in [0.1, 0.15) is 31.9 Å². The summed E-state index contributed by atoms with van der Waals surface area (Å²) in [6.45, 7) is 13.2. The van der Waals surface area contributed by atoms with Crippen LogP contribution in [0.4, 0.5) is 0 Å². The minimum absolute atomic E-state index is 0. The molecular formula is C24H31Cl2SiZr. The molecule has 0 fully saturated rings. The van der Waals surface area contributed by atoms with Gasteiger partial charge in [0.05, 0.1) is 0 Å². The Morgan fingerprint density at radius 3 is 1.21 bits per heavy atom. The van der Waals surface area contributed by atoms with E-state index in [0.29, 0.717) is 0 Å². The summed E-state index contributed by atoms with van der Waals surface area (Å²) < 4.78 is 0. The first-order chi connectivity index (χ1) is 11.7. The maximum absolute atomic E-state index is 3.25. The molecule has 0 spiro atoms. The third kappa shape index (κ3) is 10.8. The molecular weight excluding hydrogens is 478 g/mol. The van der Waals surface area contributed by atoms with Crippen molar-refractivity contribution in [3.63, 3.8) is 0 Å². The first kappa shape index (κ1) is 34.8. The molecule has 0 nitrogen and oxygen atoms in total. The maximum atomic E-state index is 3.25. The van der Waals surface area contributed by atoms with Gasteiger partial charge in [0.1, 0.15) is 0 Å². The van der Waals surface area contributed by atoms with Gasteiger partial charge in [-0.1, -0.05) is 39.8 Å². The van der Waals surface area contributed by atoms with Gasteiger partial charge in [-0.2, -0.15) is 19.1 Å². The van der Waals surface area contributed by atoms with Gasteiger partial charge in [-0.25, -0.2) is 0 Å². The predicted molar refractivity (Wildman–Crippen MR) is 131 cm³/mol. The second-order valence-electron chi connectivity index (χ2n) is 5.32. The smallest absolute Gasteiger partial charge is 0.346 e. The summed E-state index contributed by atoms with van der Waals surface area (Å²) in [7, 11) is 0. The molecule has 0 aliphatic carbocycles. The Morgan fingerprint density at radius 1 is 0.643 bits per heavy atom. The Morgan fingerprint density at radius 2 is 0.929 bits per heavy atom. The Balaban J connectivity index is -0.000000156. The number of aryl methyl sites for hydroxylation is 2. The number of halogens is 2. The molecule has 4 heteroatoms. The van der Waals surface area contributed by atoms with E-state index in [2.05, 4.69) is 93.6 Å². The van der Waals surface area contributed by atoms with Gasteiger partial charge >= 0.3 is 26.2 Å². The fourth-order valence-electron chi connectivity index (χ4n) is 2.61. The van der Waals surface area contributed by atoms with Gasteiger partial charge in [0.15, 0.2) is 0 Å². The summed E-state index contributed by atoms with van der Waals surface area (Å²) in [6.07, 6.45) is 0. The third-order valence-corrected chi connectivity index (χ3v) is 3.52. The molecule has 0 N–H and O–H groups in total. The fraction of sp³-hybridized carbons (Fsp3) is 0.208. The standard InChI is InChI=1S/2C10H9.C2H6.C2H5.2ClH.Si.Zr/c2*1-8-6-9-4-2-3-5-10(9)7-8;2*1-2;;;;/h2*2-7H,1H3;1-2H3;1H2,2H3;2*1H;;/q2*-1;;-1;;;;+3. The van der Waals surface area contributed by atoms with Crippen molar-refractivity contribution in [2.24, 2.45) is 0 Å². The van der Waals surface area contributed by atoms with Crippen molar-refractivity contribution in [2.45, 2.75) is 34.6 Å². The number of hydrogen-bond donors (Lipinski definition) is 0. The second-order valence-corrected chi connectivity index (χ2v) is 5.32. The summed E-state index contributed by atoms with van der Waals surface area (Å²) >= 11 is 0. The van der Waals surface area contributed by atoms with Crippen molar-refractivity contribution >= 4 is 57.3 Å². The van der Waals surface area contributed by atoms with Crippen molar-refractivity contribution in [1.29, 1.82) is 0 Å². The molecule has 0 aromatic heterocycles. The zero-order valence-corrected chi connectivity index (χ0v) is 22.5. The van der Waals surface area contributed by atoms with E-state index in [-0.39, 0.29) is 62.0 Å². The zero-order chi connectivity index (χ0) is 17.9. The van der Waals surface area contributed by atoms with Gasteiger partial charge in [-0.3, -0.25) is 0 Å². The van der Waals surface area contributed by atoms with Crippen LogP contribution in [0.15, 0.2) is 72.8 Å². The van der Waals surface area contributed by atoms with Crippen LogP contribution in [0.3, 0.4) is 0 Å². The van der Waals surface area contributed by atoms with Crippen molar-refractivity contribution in [3.05, 3.63) is 90.8 Å². The fourth-order valence-corrected chi connectivity index (χ4v) is 2.61. The minimum atomic E-state index is 0. The van der Waals surface area contributed by atoms with Gasteiger partial charge in [-0.05, 0) is 0 Å². The van der Waals surface area contributed by atoms with E-state index < -0.39 is 0 Å². The van der Waals surface area contributed by atoms with Crippen LogP contribution in [0.25, 0.3) is 21.5 Å². The number of fused-ring (bicyclic) bond motifs is 2. The first-order valence-corrected chi connectivity index (χ1v) is 8.67. The molecule has 4 aromatic rings. The van der Waals surface area contributed by atoms with Gasteiger partial charge in [0.25, 0.3) is 0 Å². The SMILES string of the molecule is CC.Cc1cc2ccccc2[cH-]1.Cc1cc2ccccc2[cH-]1.Cl.Cl.[CH2-]C.[Si].[Zr+3]. The minimum Gasteiger partial charge on any atom is -0.346 e. The molecule has 0 saturated heterocycles. The molecule has 0 saturated carbocycles. The van der Waals surface area contributed by atoms with E-state index in [1.807, 2.05) is 13.8 Å². The predicted octanol–water partition coefficient (Wildman–Crippen LogP) is 8.06. The van der Waals surface area contributed by atoms with Gasteiger partial charge in [-0.15, -0.1) is 106 Å². The van der Waals surface area contributed by atoms with Crippen LogP contribution in [-0.4, -0.2) is 11.0 Å². The molecule has 0 atom stereocenters. The third-order valence-electron chi connectivity index (χ3n) is 3.52. The molecule has 0 amide bonds. The van der Waals surface area contributed by atoms with E-state index >= 15 is 0 Å². The molecule has 149 valence electrons. The number of hydrogen-bond acceptors (Lipinski definition) is 0. The van der Waals surface area contributed by atoms with Crippen LogP contribution >= 0.6 is 24.8 Å². The Bertz CT molecular complexity index is 712. The van der Waals surface area contributed by atoms with Gasteiger partial charge in [0, 0.05) is 11.0 Å². The van der Waals surface area contributed by atoms with Crippen LogP contribution < -0.4 is 0 Å². The van der Waals surface area contributed by atoms with Crippen LogP contribution in [0.5, 0.6) is 0 Å². The van der Waals surface area contributed by atoms with E-state index in [4.69, 9.17) is 0 Å². The number of benzene rings is 2. The Hall–Kier alpha value is -0.660. The van der Waals surface area contributed by atoms with Gasteiger partial charge in [0.2, 0.25) is 0 Å². The topological polar surface area (TPSA) is 0 Å². The molecule has 28 heavy (non-hydrogen) atoms. The van der Waals surface area contributed by atoms with Crippen molar-refractivity contribution in [1.82, 2.24) is 0 Å². The quantitative estimate of drug-likeness (QED) is 0.166. The molecule has 4 aromatic carbocycles. The van der Waals surface area contributed by atoms with E-state index in [0.717, 1.165) is 0 Å². The van der Waals surface area contributed by atoms with Crippen LogP contribution in [0, 0.1) is 20.8 Å². The van der Waals surface area contributed by atoms with Crippen LogP contribution in [-0.2, 0) is 26.2 Å². The van der Waals surface area contributed by atoms with Crippen LogP contribution in [0.2, 0.25) is 0 Å². The summed E-state index contributed by atoms with van der Waals surface area (Å²) in [4.78, 5) is 0. The molecule has 0 bridgehead atoms. The summed E-state index contributed by atoms with van der Waals surface area (Å²) in [5.41, 5.74) is 2.70. The average Bonchev–Trinajstić information content (AvgIpc) is 3.19. The molecule has 0 aliphatic heterocycles. The molecule has 4 rings (SSSR count). The number of rotatable bonds is 0. The summed E-state index contributed by atoms with van der Waals surface area (Å²) in [5.74, 6) is 0.